The number of rotatable bonds is 6. The molecule has 0 fully saturated rings. The van der Waals surface area contributed by atoms with Crippen LogP contribution in [0.25, 0.3) is 10.8 Å². The number of benzene rings is 2. The van der Waals surface area contributed by atoms with E-state index in [1.165, 1.54) is 0 Å². The van der Waals surface area contributed by atoms with Gasteiger partial charge in [0, 0.05) is 11.6 Å². The van der Waals surface area contributed by atoms with E-state index in [2.05, 4.69) is 41.9 Å². The number of hydrogen-bond acceptors (Lipinski definition) is 6. The third kappa shape index (κ3) is 3.72. The lowest BCUT2D eigenvalue weighted by Gasteiger charge is -2.34. The molecule has 0 radical (unpaired) electrons. The molecule has 2 aliphatic heterocycles. The molecule has 4 rings (SSSR count). The topological polar surface area (TPSA) is 51.1 Å². The minimum absolute atomic E-state index is 0.299. The summed E-state index contributed by atoms with van der Waals surface area (Å²) in [5.41, 5.74) is 2.31. The van der Waals surface area contributed by atoms with Crippen LogP contribution in [0.1, 0.15) is 39.3 Å². The summed E-state index contributed by atoms with van der Waals surface area (Å²) in [5, 5.41) is 4.96. The molecule has 0 bridgehead atoms. The van der Waals surface area contributed by atoms with Crippen LogP contribution >= 0.6 is 11.8 Å². The maximum absolute atomic E-state index is 12.9. The summed E-state index contributed by atoms with van der Waals surface area (Å²) >= 11 is 1.56. The Kier molecular flexibility index (Phi) is 5.86. The number of fused-ring (bicyclic) bond motifs is 2. The number of esters is 1. The third-order valence-corrected chi connectivity index (χ3v) is 5.87. The maximum Gasteiger partial charge on any atom is 0.338 e. The molecule has 0 N–H and O–H groups in total. The summed E-state index contributed by atoms with van der Waals surface area (Å²) in [7, 11) is 0. The molecule has 156 valence electrons. The van der Waals surface area contributed by atoms with Gasteiger partial charge in [-0.25, -0.2) is 9.79 Å². The van der Waals surface area contributed by atoms with E-state index in [1.807, 2.05) is 43.7 Å². The molecule has 0 saturated carbocycles. The van der Waals surface area contributed by atoms with Crippen LogP contribution in [-0.4, -0.2) is 29.3 Å². The lowest BCUT2D eigenvalue weighted by Crippen LogP contribution is -2.34. The van der Waals surface area contributed by atoms with E-state index in [9.17, 15) is 4.79 Å². The molecule has 0 amide bonds. The molecule has 2 aromatic carbocycles. The first-order chi connectivity index (χ1) is 14.5. The lowest BCUT2D eigenvalue weighted by molar-refractivity contribution is -0.139. The number of thioether (sulfide) groups is 1. The molecule has 30 heavy (non-hydrogen) atoms. The van der Waals surface area contributed by atoms with Crippen LogP contribution in [0, 0.1) is 5.92 Å². The molecule has 2 heterocycles. The van der Waals surface area contributed by atoms with E-state index < -0.39 is 0 Å². The number of allylic oxidation sites excluding steroid dienone is 1. The quantitative estimate of drug-likeness (QED) is 0.564. The van der Waals surface area contributed by atoms with Gasteiger partial charge in [-0.15, -0.1) is 0 Å². The maximum atomic E-state index is 12.9. The second kappa shape index (κ2) is 8.56. The standard InChI is InChI=1S/C24H26N2O3S/c1-5-28-23(27)21-16(4)25-24-26(12-13-30-24)22(21)19-10-11-20(29-14-15(2)3)18-9-7-6-8-17(18)19/h6-13,15,22H,5,14H2,1-4H3/t22-/m1/s1. The van der Waals surface area contributed by atoms with Crippen LogP contribution in [0.15, 0.2) is 64.3 Å². The van der Waals surface area contributed by atoms with Gasteiger partial charge in [0.2, 0.25) is 0 Å². The van der Waals surface area contributed by atoms with Crippen molar-refractivity contribution in [3.05, 3.63) is 64.8 Å². The second-order valence-corrected chi connectivity index (χ2v) is 8.60. The predicted octanol–water partition coefficient (Wildman–Crippen LogP) is 5.64. The van der Waals surface area contributed by atoms with E-state index in [0.29, 0.717) is 30.4 Å². The average Bonchev–Trinajstić information content (AvgIpc) is 3.19. The van der Waals surface area contributed by atoms with Gasteiger partial charge in [0.25, 0.3) is 0 Å². The number of carbonyl (C=O) groups is 1. The monoisotopic (exact) mass is 422 g/mol. The van der Waals surface area contributed by atoms with Crippen LogP contribution in [0.3, 0.4) is 0 Å². The van der Waals surface area contributed by atoms with Crippen LogP contribution < -0.4 is 4.74 Å². The van der Waals surface area contributed by atoms with Crippen molar-refractivity contribution in [2.45, 2.75) is 33.7 Å². The number of hydrogen-bond donors (Lipinski definition) is 0. The normalized spacial score (nSPS) is 18.1. The van der Waals surface area contributed by atoms with E-state index in [-0.39, 0.29) is 12.0 Å². The average molecular weight is 423 g/mol. The van der Waals surface area contributed by atoms with E-state index in [1.54, 1.807) is 11.8 Å². The van der Waals surface area contributed by atoms with Gasteiger partial charge in [-0.05, 0) is 42.2 Å². The summed E-state index contributed by atoms with van der Waals surface area (Å²) < 4.78 is 11.5. The van der Waals surface area contributed by atoms with E-state index in [4.69, 9.17) is 9.47 Å². The lowest BCUT2D eigenvalue weighted by atomic mass is 9.90. The number of nitrogens with zero attached hydrogens (tertiary/aromatic N) is 2. The molecular formula is C24H26N2O3S. The highest BCUT2D eigenvalue weighted by atomic mass is 32.2. The van der Waals surface area contributed by atoms with Crippen molar-refractivity contribution in [2.24, 2.45) is 10.9 Å². The summed E-state index contributed by atoms with van der Waals surface area (Å²) in [4.78, 5) is 19.6. The number of ether oxygens (including phenoxy) is 2. The largest absolute Gasteiger partial charge is 0.493 e. The molecule has 0 spiro atoms. The number of aliphatic imine (C=N–C) groups is 1. The van der Waals surface area contributed by atoms with Gasteiger partial charge in [-0.2, -0.15) is 0 Å². The van der Waals surface area contributed by atoms with Crippen molar-refractivity contribution in [1.29, 1.82) is 0 Å². The fourth-order valence-corrected chi connectivity index (χ4v) is 4.58. The summed E-state index contributed by atoms with van der Waals surface area (Å²) in [6.07, 6.45) is 1.98. The first-order valence-electron chi connectivity index (χ1n) is 10.2. The van der Waals surface area contributed by atoms with Crippen molar-refractivity contribution in [2.75, 3.05) is 13.2 Å². The Bertz CT molecular complexity index is 1070. The minimum Gasteiger partial charge on any atom is -0.493 e. The molecule has 2 aliphatic rings. The van der Waals surface area contributed by atoms with E-state index >= 15 is 0 Å². The van der Waals surface area contributed by atoms with Crippen LogP contribution in [0.4, 0.5) is 0 Å². The zero-order valence-corrected chi connectivity index (χ0v) is 18.5. The van der Waals surface area contributed by atoms with Crippen molar-refractivity contribution < 1.29 is 14.3 Å². The minimum atomic E-state index is -0.322. The molecule has 1 atom stereocenters. The fourth-order valence-electron chi connectivity index (χ4n) is 3.79. The number of carbonyl (C=O) groups excluding carboxylic acids is 1. The molecule has 6 heteroatoms. The molecule has 0 aliphatic carbocycles. The first-order valence-corrected chi connectivity index (χ1v) is 11.1. The van der Waals surface area contributed by atoms with Crippen LogP contribution in [-0.2, 0) is 9.53 Å². The van der Waals surface area contributed by atoms with Gasteiger partial charge in [-0.1, -0.05) is 55.9 Å². The Balaban J connectivity index is 1.87. The highest BCUT2D eigenvalue weighted by molar-refractivity contribution is 8.16. The fraction of sp³-hybridized carbons (Fsp3) is 0.333. The van der Waals surface area contributed by atoms with Crippen LogP contribution in [0.5, 0.6) is 5.75 Å². The summed E-state index contributed by atoms with van der Waals surface area (Å²) in [5.74, 6) is 0.975. The van der Waals surface area contributed by atoms with Gasteiger partial charge >= 0.3 is 5.97 Å². The second-order valence-electron chi connectivity index (χ2n) is 7.73. The van der Waals surface area contributed by atoms with Gasteiger partial charge < -0.3 is 14.4 Å². The van der Waals surface area contributed by atoms with Gasteiger partial charge in [0.1, 0.15) is 5.75 Å². The highest BCUT2D eigenvalue weighted by Crippen LogP contribution is 2.44. The van der Waals surface area contributed by atoms with Crippen molar-refractivity contribution in [1.82, 2.24) is 4.90 Å². The molecular weight excluding hydrogens is 396 g/mol. The summed E-state index contributed by atoms with van der Waals surface area (Å²) in [6, 6.07) is 12.0. The molecule has 5 nitrogen and oxygen atoms in total. The van der Waals surface area contributed by atoms with Gasteiger partial charge in [0.15, 0.2) is 5.17 Å². The van der Waals surface area contributed by atoms with Crippen molar-refractivity contribution in [3.63, 3.8) is 0 Å². The SMILES string of the molecule is CCOC(=O)C1=C(C)N=C2SC=CN2[C@@H]1c1ccc(OCC(C)C)c2ccccc12. The molecule has 0 saturated heterocycles. The number of amidine groups is 1. The Morgan fingerprint density at radius 2 is 1.97 bits per heavy atom. The Labute approximate surface area is 181 Å². The van der Waals surface area contributed by atoms with Gasteiger partial charge in [-0.3, -0.25) is 0 Å². The zero-order valence-electron chi connectivity index (χ0n) is 17.7. The Hall–Kier alpha value is -2.73. The van der Waals surface area contributed by atoms with Crippen molar-refractivity contribution >= 4 is 33.7 Å². The van der Waals surface area contributed by atoms with Crippen LogP contribution in [0.2, 0.25) is 0 Å². The highest BCUT2D eigenvalue weighted by Gasteiger charge is 2.38. The molecule has 2 aromatic rings. The predicted molar refractivity (Wildman–Crippen MR) is 122 cm³/mol. The zero-order chi connectivity index (χ0) is 21.3. The third-order valence-electron chi connectivity index (χ3n) is 5.10. The Morgan fingerprint density at radius 3 is 2.70 bits per heavy atom. The molecule has 0 unspecified atom stereocenters. The smallest absolute Gasteiger partial charge is 0.338 e. The van der Waals surface area contributed by atoms with E-state index in [0.717, 1.165) is 27.3 Å². The van der Waals surface area contributed by atoms with Crippen molar-refractivity contribution in [3.8, 4) is 5.75 Å². The van der Waals surface area contributed by atoms with Gasteiger partial charge in [0.05, 0.1) is 30.5 Å². The first kappa shape index (κ1) is 20.5. The summed E-state index contributed by atoms with van der Waals surface area (Å²) in [6.45, 7) is 8.95. The molecule has 0 aromatic heterocycles. The Morgan fingerprint density at radius 1 is 1.20 bits per heavy atom.